The molecule has 2 aromatic carbocycles. The van der Waals surface area contributed by atoms with Gasteiger partial charge in [0, 0.05) is 31.2 Å². The second-order valence-electron chi connectivity index (χ2n) is 16.7. The number of carbonyl (C=O) groups is 4. The van der Waals surface area contributed by atoms with Crippen molar-refractivity contribution in [1.82, 2.24) is 30.0 Å². The molecule has 0 bridgehead atoms. The SMILES string of the molecule is C=CCn1nnc(-c2cccc(CCOCCC(=O)N(CCN(CCc3ccc(OC(=O)OC(C)(C)C)c4c3OCC(=O)N4)C(=O)OC(C)(C)C)C3CCCCC3)c2)n1. The zero-order valence-electron chi connectivity index (χ0n) is 35.3. The van der Waals surface area contributed by atoms with Gasteiger partial charge >= 0.3 is 12.2 Å². The minimum absolute atomic E-state index is 0.0180. The number of nitrogens with one attached hydrogen (secondary N) is 1. The van der Waals surface area contributed by atoms with Gasteiger partial charge in [0.15, 0.2) is 18.1 Å². The molecule has 5 rings (SSSR count). The highest BCUT2D eigenvalue weighted by molar-refractivity contribution is 5.98. The molecule has 16 nitrogen and oxygen atoms in total. The van der Waals surface area contributed by atoms with Gasteiger partial charge in [-0.1, -0.05) is 49.6 Å². The number of benzene rings is 2. The largest absolute Gasteiger partial charge is 0.514 e. The van der Waals surface area contributed by atoms with Crippen molar-refractivity contribution in [1.29, 1.82) is 0 Å². The van der Waals surface area contributed by atoms with Crippen molar-refractivity contribution in [2.24, 2.45) is 0 Å². The van der Waals surface area contributed by atoms with Gasteiger partial charge in [-0.05, 0) is 95.7 Å². The van der Waals surface area contributed by atoms with Gasteiger partial charge in [-0.25, -0.2) is 9.59 Å². The Morgan fingerprint density at radius 2 is 1.73 bits per heavy atom. The highest BCUT2D eigenvalue weighted by atomic mass is 16.7. The Morgan fingerprint density at radius 3 is 2.46 bits per heavy atom. The maximum absolute atomic E-state index is 13.9. The van der Waals surface area contributed by atoms with Gasteiger partial charge in [-0.15, -0.1) is 16.8 Å². The van der Waals surface area contributed by atoms with Gasteiger partial charge in [-0.3, -0.25) is 9.59 Å². The molecule has 0 radical (unpaired) electrons. The van der Waals surface area contributed by atoms with Gasteiger partial charge in [0.2, 0.25) is 11.7 Å². The number of anilines is 1. The number of rotatable bonds is 17. The van der Waals surface area contributed by atoms with Crippen LogP contribution in [-0.2, 0) is 43.2 Å². The number of amides is 3. The molecule has 16 heteroatoms. The van der Waals surface area contributed by atoms with E-state index in [1.165, 1.54) is 4.80 Å². The predicted molar refractivity (Wildman–Crippen MR) is 220 cm³/mol. The first-order valence-corrected chi connectivity index (χ1v) is 20.4. The van der Waals surface area contributed by atoms with Crippen molar-refractivity contribution < 1.29 is 42.9 Å². The second-order valence-corrected chi connectivity index (χ2v) is 16.7. The fourth-order valence-corrected chi connectivity index (χ4v) is 6.87. The molecule has 2 heterocycles. The van der Waals surface area contributed by atoms with Crippen LogP contribution in [0.5, 0.6) is 11.5 Å². The molecular weight excluding hydrogens is 759 g/mol. The molecule has 0 saturated heterocycles. The van der Waals surface area contributed by atoms with Crippen LogP contribution in [0.3, 0.4) is 0 Å². The summed E-state index contributed by atoms with van der Waals surface area (Å²) >= 11 is 0. The number of nitrogens with zero attached hydrogens (tertiary/aromatic N) is 6. The van der Waals surface area contributed by atoms with Crippen molar-refractivity contribution in [2.75, 3.05) is 44.8 Å². The van der Waals surface area contributed by atoms with Gasteiger partial charge in [-0.2, -0.15) is 4.80 Å². The number of hydrogen-bond donors (Lipinski definition) is 1. The number of aromatic nitrogens is 4. The molecule has 1 aliphatic carbocycles. The van der Waals surface area contributed by atoms with E-state index in [-0.39, 0.29) is 56.1 Å². The number of fused-ring (bicyclic) bond motifs is 1. The molecule has 0 unspecified atom stereocenters. The molecule has 0 spiro atoms. The first kappa shape index (κ1) is 44.6. The van der Waals surface area contributed by atoms with E-state index in [4.69, 9.17) is 23.7 Å². The average Bonchev–Trinajstić information content (AvgIpc) is 3.64. The van der Waals surface area contributed by atoms with Crippen LogP contribution in [0.4, 0.5) is 15.3 Å². The summed E-state index contributed by atoms with van der Waals surface area (Å²) in [7, 11) is 0. The van der Waals surface area contributed by atoms with Crippen molar-refractivity contribution in [2.45, 2.75) is 117 Å². The summed E-state index contributed by atoms with van der Waals surface area (Å²) in [5.41, 5.74) is 1.28. The van der Waals surface area contributed by atoms with Gasteiger partial charge in [0.05, 0.1) is 26.2 Å². The van der Waals surface area contributed by atoms with E-state index in [0.29, 0.717) is 49.7 Å². The monoisotopic (exact) mass is 817 g/mol. The number of tetrazole rings is 1. The van der Waals surface area contributed by atoms with Crippen LogP contribution in [-0.4, -0.2) is 111 Å². The molecule has 1 saturated carbocycles. The summed E-state index contributed by atoms with van der Waals surface area (Å²) in [4.78, 5) is 57.4. The van der Waals surface area contributed by atoms with Crippen molar-refractivity contribution >= 4 is 29.8 Å². The van der Waals surface area contributed by atoms with Crippen molar-refractivity contribution in [3.63, 3.8) is 0 Å². The molecule has 3 amide bonds. The zero-order valence-corrected chi connectivity index (χ0v) is 35.3. The predicted octanol–water partition coefficient (Wildman–Crippen LogP) is 6.76. The van der Waals surface area contributed by atoms with E-state index in [2.05, 4.69) is 27.3 Å². The lowest BCUT2D eigenvalue weighted by Gasteiger charge is -2.36. The third-order valence-corrected chi connectivity index (χ3v) is 9.57. The molecule has 0 atom stereocenters. The normalized spacial score (nSPS) is 14.4. The van der Waals surface area contributed by atoms with Crippen molar-refractivity contribution in [3.05, 3.63) is 60.2 Å². The van der Waals surface area contributed by atoms with E-state index < -0.39 is 29.4 Å². The minimum Gasteiger partial charge on any atom is -0.481 e. The first-order chi connectivity index (χ1) is 28.1. The molecule has 1 N–H and O–H groups in total. The first-order valence-electron chi connectivity index (χ1n) is 20.4. The quantitative estimate of drug-likeness (QED) is 0.0657. The molecule has 320 valence electrons. The zero-order chi connectivity index (χ0) is 42.6. The Bertz CT molecular complexity index is 1930. The smallest absolute Gasteiger partial charge is 0.481 e. The maximum atomic E-state index is 13.9. The summed E-state index contributed by atoms with van der Waals surface area (Å²) in [5, 5.41) is 15.3. The van der Waals surface area contributed by atoms with Gasteiger partial charge in [0.25, 0.3) is 5.91 Å². The lowest BCUT2D eigenvalue weighted by atomic mass is 9.94. The van der Waals surface area contributed by atoms with Crippen molar-refractivity contribution in [3.8, 4) is 22.9 Å². The van der Waals surface area contributed by atoms with Crippen LogP contribution < -0.4 is 14.8 Å². The van der Waals surface area contributed by atoms with E-state index in [1.54, 1.807) is 43.9 Å². The molecular formula is C43H59N7O9. The topological polar surface area (TPSA) is 177 Å². The molecule has 1 aromatic heterocycles. The maximum Gasteiger partial charge on any atom is 0.514 e. The molecule has 1 aliphatic heterocycles. The van der Waals surface area contributed by atoms with Gasteiger partial charge < -0.3 is 38.8 Å². The lowest BCUT2D eigenvalue weighted by molar-refractivity contribution is -0.135. The van der Waals surface area contributed by atoms with Crippen LogP contribution >= 0.6 is 0 Å². The Balaban J connectivity index is 1.22. The van der Waals surface area contributed by atoms with E-state index in [1.807, 2.05) is 49.9 Å². The van der Waals surface area contributed by atoms with E-state index in [9.17, 15) is 19.2 Å². The third-order valence-electron chi connectivity index (χ3n) is 9.57. The molecule has 2 aliphatic rings. The van der Waals surface area contributed by atoms with Crippen LogP contribution in [0.15, 0.2) is 49.1 Å². The van der Waals surface area contributed by atoms with Gasteiger partial charge in [0.1, 0.15) is 16.9 Å². The highest BCUT2D eigenvalue weighted by Gasteiger charge is 2.30. The minimum atomic E-state index is -0.922. The standard InChI is InChI=1S/C43H59N7O9/c1-8-22-50-46-39(45-47-50)32-14-12-13-30(28-32)20-26-55-27-21-36(52)49(33-15-10-9-11-16-33)25-24-48(40(53)58-42(2,3)4)23-19-31-17-18-34(57-41(54)59-43(5,6)7)37-38(31)56-29-35(51)44-37/h8,12-14,17-18,28,33H,1,9-11,15-16,19-27,29H2,2-7H3,(H,44,51). The molecule has 3 aromatic rings. The summed E-state index contributed by atoms with van der Waals surface area (Å²) < 4.78 is 28.4. The fraction of sp³-hybridized carbons (Fsp3) is 0.558. The van der Waals surface area contributed by atoms with Crippen LogP contribution in [0.25, 0.3) is 11.4 Å². The Morgan fingerprint density at radius 1 is 0.966 bits per heavy atom. The number of ether oxygens (including phenoxy) is 5. The van der Waals surface area contributed by atoms with E-state index in [0.717, 1.165) is 43.2 Å². The van der Waals surface area contributed by atoms with Crippen LogP contribution in [0.1, 0.15) is 91.2 Å². The summed E-state index contributed by atoms with van der Waals surface area (Å²) in [6.45, 7) is 16.1. The number of hydrogen-bond acceptors (Lipinski definition) is 12. The van der Waals surface area contributed by atoms with Crippen LogP contribution in [0, 0.1) is 0 Å². The fourth-order valence-electron chi connectivity index (χ4n) is 6.87. The highest BCUT2D eigenvalue weighted by Crippen LogP contribution is 2.40. The third kappa shape index (κ3) is 13.8. The van der Waals surface area contributed by atoms with Crippen LogP contribution in [0.2, 0.25) is 0 Å². The Kier molecular flexibility index (Phi) is 15.5. The summed E-state index contributed by atoms with van der Waals surface area (Å²) in [5.74, 6) is 0.538. The average molecular weight is 818 g/mol. The van der Waals surface area contributed by atoms with E-state index >= 15 is 0 Å². The molecule has 1 fully saturated rings. The Labute approximate surface area is 346 Å². The lowest BCUT2D eigenvalue weighted by Crippen LogP contribution is -2.48. The Hall–Kier alpha value is -5.51. The summed E-state index contributed by atoms with van der Waals surface area (Å²) in [6.07, 6.45) is 6.48. The molecule has 59 heavy (non-hydrogen) atoms. The number of allylic oxidation sites excluding steroid dienone is 1. The summed E-state index contributed by atoms with van der Waals surface area (Å²) in [6, 6.07) is 11.3. The number of carbonyl (C=O) groups excluding carboxylic acids is 4. The second kappa shape index (κ2) is 20.5.